The van der Waals surface area contributed by atoms with Crippen molar-refractivity contribution in [3.8, 4) is 11.4 Å². The lowest BCUT2D eigenvalue weighted by Gasteiger charge is -2.30. The molecule has 0 N–H and O–H groups in total. The molecule has 2 aromatic heterocycles. The van der Waals surface area contributed by atoms with Crippen LogP contribution in [0.3, 0.4) is 0 Å². The Kier molecular flexibility index (Phi) is 4.72. The first-order valence-corrected chi connectivity index (χ1v) is 9.29. The molecule has 0 saturated carbocycles. The zero-order valence-electron chi connectivity index (χ0n) is 15.3. The highest BCUT2D eigenvalue weighted by Crippen LogP contribution is 2.34. The molecule has 2 aromatic rings. The molecule has 1 atom stereocenters. The van der Waals surface area contributed by atoms with Crippen molar-refractivity contribution >= 4 is 5.91 Å². The molecule has 0 bridgehead atoms. The first-order chi connectivity index (χ1) is 12.6. The van der Waals surface area contributed by atoms with Gasteiger partial charge in [-0.1, -0.05) is 5.16 Å². The van der Waals surface area contributed by atoms with Crippen LogP contribution in [0.4, 0.5) is 0 Å². The number of likely N-dealkylation sites (tertiary alicyclic amines) is 1. The Morgan fingerprint density at radius 1 is 1.23 bits per heavy atom. The molecular formula is C19H24N4O3. The molecule has 1 amide bonds. The fourth-order valence-corrected chi connectivity index (χ4v) is 4.00. The summed E-state index contributed by atoms with van der Waals surface area (Å²) in [7, 11) is 0. The lowest BCUT2D eigenvalue weighted by Crippen LogP contribution is -2.38. The minimum atomic E-state index is 0.0209. The van der Waals surface area contributed by atoms with Gasteiger partial charge in [-0.15, -0.1) is 0 Å². The normalized spacial score (nSPS) is 21.3. The van der Waals surface area contributed by atoms with Crippen molar-refractivity contribution in [2.75, 3.05) is 19.8 Å². The van der Waals surface area contributed by atoms with E-state index in [1.165, 1.54) is 0 Å². The van der Waals surface area contributed by atoms with Gasteiger partial charge in [0.15, 0.2) is 5.82 Å². The zero-order chi connectivity index (χ0) is 18.1. The number of amides is 1. The lowest BCUT2D eigenvalue weighted by atomic mass is 9.98. The van der Waals surface area contributed by atoms with Gasteiger partial charge in [0, 0.05) is 31.9 Å². The van der Waals surface area contributed by atoms with Crippen molar-refractivity contribution in [1.29, 1.82) is 0 Å². The SMILES string of the molecule is Cc1noc(C)c1-c1nccc([C@H]2CCCN2C(=O)C2CCOCC2)n1. The predicted octanol–water partition coefficient (Wildman–Crippen LogP) is 2.84. The van der Waals surface area contributed by atoms with Gasteiger partial charge in [0.05, 0.1) is 23.0 Å². The molecular weight excluding hydrogens is 332 g/mol. The van der Waals surface area contributed by atoms with E-state index >= 15 is 0 Å². The number of nitrogens with zero attached hydrogens (tertiary/aromatic N) is 4. The van der Waals surface area contributed by atoms with Crippen LogP contribution in [0.2, 0.25) is 0 Å². The number of rotatable bonds is 3. The number of carbonyl (C=O) groups excluding carboxylic acids is 1. The highest BCUT2D eigenvalue weighted by Gasteiger charge is 2.35. The van der Waals surface area contributed by atoms with E-state index in [2.05, 4.69) is 10.1 Å². The van der Waals surface area contributed by atoms with Gasteiger partial charge in [0.1, 0.15) is 5.76 Å². The van der Waals surface area contributed by atoms with E-state index in [9.17, 15) is 4.79 Å². The summed E-state index contributed by atoms with van der Waals surface area (Å²) in [4.78, 5) is 24.2. The van der Waals surface area contributed by atoms with E-state index in [0.717, 1.165) is 49.2 Å². The van der Waals surface area contributed by atoms with Crippen LogP contribution in [0.15, 0.2) is 16.8 Å². The second kappa shape index (κ2) is 7.15. The molecule has 4 heterocycles. The molecule has 138 valence electrons. The molecule has 0 aliphatic carbocycles. The van der Waals surface area contributed by atoms with Gasteiger partial charge in [-0.3, -0.25) is 4.79 Å². The van der Waals surface area contributed by atoms with Crippen molar-refractivity contribution in [2.24, 2.45) is 5.92 Å². The maximum Gasteiger partial charge on any atom is 0.226 e. The molecule has 0 aromatic carbocycles. The summed E-state index contributed by atoms with van der Waals surface area (Å²) < 4.78 is 10.6. The number of aryl methyl sites for hydroxylation is 2. The van der Waals surface area contributed by atoms with Crippen molar-refractivity contribution in [3.05, 3.63) is 29.4 Å². The van der Waals surface area contributed by atoms with Crippen LogP contribution in [-0.4, -0.2) is 45.7 Å². The molecule has 2 fully saturated rings. The quantitative estimate of drug-likeness (QED) is 0.841. The molecule has 7 nitrogen and oxygen atoms in total. The highest BCUT2D eigenvalue weighted by molar-refractivity contribution is 5.79. The third-order valence-corrected chi connectivity index (χ3v) is 5.38. The summed E-state index contributed by atoms with van der Waals surface area (Å²) >= 11 is 0. The van der Waals surface area contributed by atoms with E-state index in [1.807, 2.05) is 24.8 Å². The molecule has 26 heavy (non-hydrogen) atoms. The second-order valence-electron chi connectivity index (χ2n) is 7.08. The molecule has 2 aliphatic rings. The van der Waals surface area contributed by atoms with Gasteiger partial charge in [-0.25, -0.2) is 9.97 Å². The number of carbonyl (C=O) groups is 1. The standard InChI is InChI=1S/C19H24N4O3/c1-12-17(13(2)26-22-12)18-20-8-5-15(21-18)16-4-3-9-23(16)19(24)14-6-10-25-11-7-14/h5,8,14,16H,3-4,6-7,9-11H2,1-2H3/t16-/m1/s1. The molecule has 0 spiro atoms. The second-order valence-corrected chi connectivity index (χ2v) is 7.08. The maximum absolute atomic E-state index is 13.0. The van der Waals surface area contributed by atoms with Crippen LogP contribution in [0.5, 0.6) is 0 Å². The number of hydrogen-bond donors (Lipinski definition) is 0. The molecule has 0 radical (unpaired) electrons. The Hall–Kier alpha value is -2.28. The number of aromatic nitrogens is 3. The lowest BCUT2D eigenvalue weighted by molar-refractivity contribution is -0.139. The van der Waals surface area contributed by atoms with Crippen LogP contribution < -0.4 is 0 Å². The number of ether oxygens (including phenoxy) is 1. The van der Waals surface area contributed by atoms with E-state index in [1.54, 1.807) is 6.20 Å². The first kappa shape index (κ1) is 17.1. The van der Waals surface area contributed by atoms with Gasteiger partial charge in [-0.05, 0) is 45.6 Å². The maximum atomic E-state index is 13.0. The van der Waals surface area contributed by atoms with Crippen molar-refractivity contribution in [2.45, 2.75) is 45.6 Å². The van der Waals surface area contributed by atoms with Crippen molar-refractivity contribution in [1.82, 2.24) is 20.0 Å². The summed E-state index contributed by atoms with van der Waals surface area (Å²) in [6.07, 6.45) is 5.34. The molecule has 4 rings (SSSR count). The fraction of sp³-hybridized carbons (Fsp3) is 0.579. The Bertz CT molecular complexity index is 778. The summed E-state index contributed by atoms with van der Waals surface area (Å²) in [5, 5.41) is 3.99. The largest absolute Gasteiger partial charge is 0.381 e. The monoisotopic (exact) mass is 356 g/mol. The average molecular weight is 356 g/mol. The topological polar surface area (TPSA) is 81.4 Å². The van der Waals surface area contributed by atoms with E-state index in [4.69, 9.17) is 14.2 Å². The minimum Gasteiger partial charge on any atom is -0.381 e. The van der Waals surface area contributed by atoms with Crippen molar-refractivity contribution < 1.29 is 14.1 Å². The Labute approximate surface area is 152 Å². The Morgan fingerprint density at radius 2 is 2.04 bits per heavy atom. The molecule has 0 unspecified atom stereocenters. The van der Waals surface area contributed by atoms with E-state index in [-0.39, 0.29) is 17.9 Å². The summed E-state index contributed by atoms with van der Waals surface area (Å²) in [6.45, 7) is 5.91. The third kappa shape index (κ3) is 3.11. The van der Waals surface area contributed by atoms with Gasteiger partial charge in [0.25, 0.3) is 0 Å². The van der Waals surface area contributed by atoms with Gasteiger partial charge < -0.3 is 14.2 Å². The van der Waals surface area contributed by atoms with Crippen LogP contribution in [-0.2, 0) is 9.53 Å². The zero-order valence-corrected chi connectivity index (χ0v) is 15.3. The highest BCUT2D eigenvalue weighted by atomic mass is 16.5. The Balaban J connectivity index is 1.60. The van der Waals surface area contributed by atoms with Gasteiger partial charge >= 0.3 is 0 Å². The smallest absolute Gasteiger partial charge is 0.226 e. The average Bonchev–Trinajstić information content (AvgIpc) is 3.29. The van der Waals surface area contributed by atoms with Gasteiger partial charge in [-0.2, -0.15) is 0 Å². The molecule has 2 aliphatic heterocycles. The Morgan fingerprint density at radius 3 is 2.77 bits per heavy atom. The van der Waals surface area contributed by atoms with Crippen LogP contribution in [0.25, 0.3) is 11.4 Å². The van der Waals surface area contributed by atoms with E-state index in [0.29, 0.717) is 24.8 Å². The predicted molar refractivity (Wildman–Crippen MR) is 94.2 cm³/mol. The first-order valence-electron chi connectivity index (χ1n) is 9.29. The molecule has 7 heteroatoms. The summed E-state index contributed by atoms with van der Waals surface area (Å²) in [5.74, 6) is 1.65. The van der Waals surface area contributed by atoms with Crippen LogP contribution in [0.1, 0.15) is 48.9 Å². The van der Waals surface area contributed by atoms with Gasteiger partial charge in [0.2, 0.25) is 5.91 Å². The van der Waals surface area contributed by atoms with E-state index < -0.39 is 0 Å². The number of hydrogen-bond acceptors (Lipinski definition) is 6. The third-order valence-electron chi connectivity index (χ3n) is 5.38. The van der Waals surface area contributed by atoms with Crippen molar-refractivity contribution in [3.63, 3.8) is 0 Å². The fourth-order valence-electron chi connectivity index (χ4n) is 4.00. The van der Waals surface area contributed by atoms with Crippen LogP contribution in [0, 0.1) is 19.8 Å². The summed E-state index contributed by atoms with van der Waals surface area (Å²) in [5.41, 5.74) is 2.52. The minimum absolute atomic E-state index is 0.0209. The molecule has 2 saturated heterocycles. The van der Waals surface area contributed by atoms with Crippen LogP contribution >= 0.6 is 0 Å². The summed E-state index contributed by atoms with van der Waals surface area (Å²) in [6, 6.07) is 1.94.